The van der Waals surface area contributed by atoms with E-state index in [1.807, 2.05) is 7.11 Å². The minimum Gasteiger partial charge on any atom is -0.381 e. The van der Waals surface area contributed by atoms with Gasteiger partial charge in [-0.2, -0.15) is 0 Å². The highest BCUT2D eigenvalue weighted by molar-refractivity contribution is 5.14. The third-order valence-electron chi connectivity index (χ3n) is 4.19. The summed E-state index contributed by atoms with van der Waals surface area (Å²) in [5.41, 5.74) is 1.44. The van der Waals surface area contributed by atoms with Gasteiger partial charge >= 0.3 is 0 Å². The topological polar surface area (TPSA) is 21.3 Å². The van der Waals surface area contributed by atoms with Crippen LogP contribution in [0.2, 0.25) is 0 Å². The van der Waals surface area contributed by atoms with Gasteiger partial charge < -0.3 is 10.1 Å². The van der Waals surface area contributed by atoms with Gasteiger partial charge in [0, 0.05) is 19.2 Å². The monoisotopic (exact) mass is 261 g/mol. The van der Waals surface area contributed by atoms with Crippen LogP contribution < -0.4 is 5.32 Å². The average molecular weight is 261 g/mol. The molecule has 0 aromatic heterocycles. The first-order valence-corrected chi connectivity index (χ1v) is 7.60. The van der Waals surface area contributed by atoms with E-state index in [0.29, 0.717) is 18.2 Å². The summed E-state index contributed by atoms with van der Waals surface area (Å²) < 4.78 is 5.49. The molecule has 1 aliphatic carbocycles. The third-order valence-corrected chi connectivity index (χ3v) is 4.19. The number of ether oxygens (including phenoxy) is 1. The molecule has 106 valence electrons. The number of hydrogen-bond acceptors (Lipinski definition) is 2. The zero-order valence-corrected chi connectivity index (χ0v) is 12.3. The molecule has 1 aromatic rings. The molecule has 0 heterocycles. The summed E-state index contributed by atoms with van der Waals surface area (Å²) in [7, 11) is 1.84. The molecule has 19 heavy (non-hydrogen) atoms. The van der Waals surface area contributed by atoms with Gasteiger partial charge in [-0.1, -0.05) is 30.3 Å². The Bertz CT molecular complexity index is 352. The molecule has 3 atom stereocenters. The summed E-state index contributed by atoms with van der Waals surface area (Å²) in [6.45, 7) is 2.30. The summed E-state index contributed by atoms with van der Waals surface area (Å²) in [6.07, 6.45) is 7.83. The Hall–Kier alpha value is -0.860. The van der Waals surface area contributed by atoms with E-state index in [1.54, 1.807) is 0 Å². The summed E-state index contributed by atoms with van der Waals surface area (Å²) in [5.74, 6) is 0. The lowest BCUT2D eigenvalue weighted by molar-refractivity contribution is 0.0571. The van der Waals surface area contributed by atoms with Crippen LogP contribution in [0, 0.1) is 0 Å². The summed E-state index contributed by atoms with van der Waals surface area (Å²) in [4.78, 5) is 0. The Balaban J connectivity index is 1.70. The Morgan fingerprint density at radius 2 is 2.05 bits per heavy atom. The molecule has 1 aliphatic rings. The maximum Gasteiger partial charge on any atom is 0.0586 e. The first kappa shape index (κ1) is 14.5. The van der Waals surface area contributed by atoms with Gasteiger partial charge in [0.2, 0.25) is 0 Å². The van der Waals surface area contributed by atoms with Crippen LogP contribution in [0.25, 0.3) is 0 Å². The van der Waals surface area contributed by atoms with Gasteiger partial charge in [-0.3, -0.25) is 0 Å². The SMILES string of the molecule is COC1CCCC(NC(C)CCc2ccccc2)C1. The minimum atomic E-state index is 0.465. The molecule has 0 saturated heterocycles. The predicted octanol–water partition coefficient (Wildman–Crippen LogP) is 3.55. The molecule has 1 aromatic carbocycles. The molecule has 2 nitrogen and oxygen atoms in total. The second-order valence-electron chi connectivity index (χ2n) is 5.81. The van der Waals surface area contributed by atoms with Crippen molar-refractivity contribution in [2.45, 2.75) is 63.6 Å². The zero-order valence-electron chi connectivity index (χ0n) is 12.3. The van der Waals surface area contributed by atoms with Crippen molar-refractivity contribution in [3.63, 3.8) is 0 Å². The van der Waals surface area contributed by atoms with E-state index in [4.69, 9.17) is 4.74 Å². The van der Waals surface area contributed by atoms with Crippen LogP contribution in [-0.4, -0.2) is 25.3 Å². The summed E-state index contributed by atoms with van der Waals surface area (Å²) in [6, 6.07) is 12.0. The molecule has 0 aliphatic heterocycles. The standard InChI is InChI=1S/C17H27NO/c1-14(11-12-15-7-4-3-5-8-15)18-16-9-6-10-17(13-16)19-2/h3-5,7-8,14,16-18H,6,9-13H2,1-2H3. The lowest BCUT2D eigenvalue weighted by Crippen LogP contribution is -2.41. The Labute approximate surface area is 117 Å². The van der Waals surface area contributed by atoms with Crippen molar-refractivity contribution in [2.24, 2.45) is 0 Å². The fourth-order valence-electron chi connectivity index (χ4n) is 3.02. The van der Waals surface area contributed by atoms with E-state index in [-0.39, 0.29) is 0 Å². The number of methoxy groups -OCH3 is 1. The highest BCUT2D eigenvalue weighted by Gasteiger charge is 2.22. The highest BCUT2D eigenvalue weighted by atomic mass is 16.5. The number of hydrogen-bond donors (Lipinski definition) is 1. The van der Waals surface area contributed by atoms with Crippen molar-refractivity contribution in [1.29, 1.82) is 0 Å². The maximum absolute atomic E-state index is 5.49. The van der Waals surface area contributed by atoms with Gasteiger partial charge in [0.25, 0.3) is 0 Å². The van der Waals surface area contributed by atoms with Crippen LogP contribution >= 0.6 is 0 Å². The average Bonchev–Trinajstić information content (AvgIpc) is 2.46. The molecular formula is C17H27NO. The van der Waals surface area contributed by atoms with Crippen LogP contribution in [0.5, 0.6) is 0 Å². The van der Waals surface area contributed by atoms with E-state index in [1.165, 1.54) is 37.7 Å². The molecule has 1 fully saturated rings. The van der Waals surface area contributed by atoms with E-state index in [2.05, 4.69) is 42.6 Å². The molecule has 0 spiro atoms. The van der Waals surface area contributed by atoms with Crippen molar-refractivity contribution < 1.29 is 4.74 Å². The smallest absolute Gasteiger partial charge is 0.0586 e. The Morgan fingerprint density at radius 3 is 2.79 bits per heavy atom. The van der Waals surface area contributed by atoms with Gasteiger partial charge in [0.15, 0.2) is 0 Å². The number of benzene rings is 1. The van der Waals surface area contributed by atoms with Gasteiger partial charge in [0.05, 0.1) is 6.10 Å². The minimum absolute atomic E-state index is 0.465. The summed E-state index contributed by atoms with van der Waals surface area (Å²) >= 11 is 0. The molecular weight excluding hydrogens is 234 g/mol. The Morgan fingerprint density at radius 1 is 1.26 bits per heavy atom. The van der Waals surface area contributed by atoms with Crippen LogP contribution in [0.15, 0.2) is 30.3 Å². The maximum atomic E-state index is 5.49. The highest BCUT2D eigenvalue weighted by Crippen LogP contribution is 2.21. The van der Waals surface area contributed by atoms with Gasteiger partial charge in [-0.15, -0.1) is 0 Å². The molecule has 1 saturated carbocycles. The van der Waals surface area contributed by atoms with Crippen LogP contribution in [0.4, 0.5) is 0 Å². The molecule has 2 heteroatoms. The van der Waals surface area contributed by atoms with E-state index >= 15 is 0 Å². The quantitative estimate of drug-likeness (QED) is 0.845. The molecule has 0 radical (unpaired) electrons. The Kier molecular flexibility index (Phi) is 5.87. The normalized spacial score (nSPS) is 25.2. The van der Waals surface area contributed by atoms with Crippen LogP contribution in [0.1, 0.15) is 44.6 Å². The first-order chi connectivity index (χ1) is 9.28. The molecule has 0 bridgehead atoms. The molecule has 1 N–H and O–H groups in total. The molecule has 3 unspecified atom stereocenters. The molecule has 2 rings (SSSR count). The van der Waals surface area contributed by atoms with Crippen molar-refractivity contribution in [1.82, 2.24) is 5.32 Å². The predicted molar refractivity (Wildman–Crippen MR) is 80.4 cm³/mol. The van der Waals surface area contributed by atoms with Gasteiger partial charge in [0.1, 0.15) is 0 Å². The van der Waals surface area contributed by atoms with Crippen LogP contribution in [0.3, 0.4) is 0 Å². The van der Waals surface area contributed by atoms with Gasteiger partial charge in [-0.05, 0) is 51.0 Å². The fourth-order valence-corrected chi connectivity index (χ4v) is 3.02. The second-order valence-corrected chi connectivity index (χ2v) is 5.81. The second kappa shape index (κ2) is 7.66. The zero-order chi connectivity index (χ0) is 13.5. The number of nitrogens with one attached hydrogen (secondary N) is 1. The number of rotatable bonds is 6. The van der Waals surface area contributed by atoms with E-state index in [9.17, 15) is 0 Å². The molecule has 0 amide bonds. The van der Waals surface area contributed by atoms with Crippen molar-refractivity contribution in [2.75, 3.05) is 7.11 Å². The summed E-state index contributed by atoms with van der Waals surface area (Å²) in [5, 5.41) is 3.77. The lowest BCUT2D eigenvalue weighted by atomic mass is 9.92. The van der Waals surface area contributed by atoms with Crippen LogP contribution in [-0.2, 0) is 11.2 Å². The van der Waals surface area contributed by atoms with Crippen molar-refractivity contribution in [3.05, 3.63) is 35.9 Å². The van der Waals surface area contributed by atoms with E-state index in [0.717, 1.165) is 6.42 Å². The van der Waals surface area contributed by atoms with Crippen molar-refractivity contribution >= 4 is 0 Å². The van der Waals surface area contributed by atoms with Crippen molar-refractivity contribution in [3.8, 4) is 0 Å². The lowest BCUT2D eigenvalue weighted by Gasteiger charge is -2.31. The first-order valence-electron chi connectivity index (χ1n) is 7.60. The van der Waals surface area contributed by atoms with Gasteiger partial charge in [-0.25, -0.2) is 0 Å². The third kappa shape index (κ3) is 4.96. The fraction of sp³-hybridized carbons (Fsp3) is 0.647. The largest absolute Gasteiger partial charge is 0.381 e. The van der Waals surface area contributed by atoms with E-state index < -0.39 is 0 Å². The number of aryl methyl sites for hydroxylation is 1.